The minimum Gasteiger partial charge on any atom is -0.508 e. The van der Waals surface area contributed by atoms with E-state index in [0.29, 0.717) is 11.3 Å². The van der Waals surface area contributed by atoms with Crippen molar-refractivity contribution in [2.75, 3.05) is 0 Å². The van der Waals surface area contributed by atoms with Crippen molar-refractivity contribution in [3.05, 3.63) is 77.7 Å². The van der Waals surface area contributed by atoms with Crippen molar-refractivity contribution >= 4 is 5.91 Å². The van der Waals surface area contributed by atoms with Crippen molar-refractivity contribution in [2.24, 2.45) is 0 Å². The summed E-state index contributed by atoms with van der Waals surface area (Å²) in [5, 5.41) is 13.0. The van der Waals surface area contributed by atoms with Crippen LogP contribution in [0, 0.1) is 0 Å². The van der Waals surface area contributed by atoms with Crippen LogP contribution in [0.3, 0.4) is 0 Å². The second-order valence-electron chi connectivity index (χ2n) is 6.06. The summed E-state index contributed by atoms with van der Waals surface area (Å²) in [7, 11) is 0. The Hall–Kier alpha value is -3.41. The highest BCUT2D eigenvalue weighted by atomic mass is 16.5. The Morgan fingerprint density at radius 3 is 2.88 bits per heavy atom. The van der Waals surface area contributed by atoms with Crippen molar-refractivity contribution < 1.29 is 14.6 Å². The second-order valence-corrected chi connectivity index (χ2v) is 6.06. The first-order valence-corrected chi connectivity index (χ1v) is 8.37. The van der Waals surface area contributed by atoms with Crippen molar-refractivity contribution in [1.82, 2.24) is 15.3 Å². The number of aromatic nitrogens is 2. The van der Waals surface area contributed by atoms with E-state index in [0.717, 1.165) is 24.0 Å². The largest absolute Gasteiger partial charge is 0.508 e. The molecule has 130 valence electrons. The fraction of sp³-hybridized carbons (Fsp3) is 0.150. The molecule has 6 heteroatoms. The summed E-state index contributed by atoms with van der Waals surface area (Å²) in [6.07, 6.45) is 6.26. The summed E-state index contributed by atoms with van der Waals surface area (Å²) in [5.74, 6) is 0.753. The van der Waals surface area contributed by atoms with Gasteiger partial charge in [-0.3, -0.25) is 9.78 Å². The molecule has 4 rings (SSSR count). The van der Waals surface area contributed by atoms with Crippen LogP contribution in [-0.2, 0) is 6.42 Å². The number of benzene rings is 1. The average molecular weight is 347 g/mol. The Morgan fingerprint density at radius 1 is 1.15 bits per heavy atom. The Bertz CT molecular complexity index is 944. The van der Waals surface area contributed by atoms with Gasteiger partial charge in [-0.2, -0.15) is 0 Å². The smallest absolute Gasteiger partial charge is 0.257 e. The Kier molecular flexibility index (Phi) is 4.23. The highest BCUT2D eigenvalue weighted by molar-refractivity contribution is 5.96. The number of nitrogens with one attached hydrogen (secondary N) is 1. The molecule has 1 amide bonds. The zero-order valence-electron chi connectivity index (χ0n) is 13.9. The molecule has 2 N–H and O–H groups in total. The van der Waals surface area contributed by atoms with Gasteiger partial charge >= 0.3 is 0 Å². The number of fused-ring (bicyclic) bond motifs is 1. The molecular formula is C20H17N3O3. The highest BCUT2D eigenvalue weighted by Gasteiger charge is 2.27. The van der Waals surface area contributed by atoms with Gasteiger partial charge in [-0.25, -0.2) is 4.98 Å². The van der Waals surface area contributed by atoms with Crippen LogP contribution in [0.1, 0.15) is 33.9 Å². The van der Waals surface area contributed by atoms with Gasteiger partial charge in [0.15, 0.2) is 0 Å². The maximum absolute atomic E-state index is 12.8. The van der Waals surface area contributed by atoms with E-state index in [1.165, 1.54) is 0 Å². The zero-order chi connectivity index (χ0) is 17.9. The molecule has 1 atom stereocenters. The fourth-order valence-corrected chi connectivity index (χ4v) is 3.19. The number of pyridine rings is 2. The van der Waals surface area contributed by atoms with E-state index in [1.807, 2.05) is 6.07 Å². The number of hydrogen-bond acceptors (Lipinski definition) is 5. The van der Waals surface area contributed by atoms with Crippen LogP contribution in [0.25, 0.3) is 0 Å². The van der Waals surface area contributed by atoms with Gasteiger partial charge in [0.1, 0.15) is 17.1 Å². The SMILES string of the molecule is O=C(N[C@H]1CCc2c(O)cccc21)c1cccnc1Oc1cccnc1. The molecule has 26 heavy (non-hydrogen) atoms. The molecule has 3 aromatic rings. The number of rotatable bonds is 4. The number of hydrogen-bond donors (Lipinski definition) is 2. The normalized spacial score (nSPS) is 15.3. The van der Waals surface area contributed by atoms with Crippen molar-refractivity contribution in [2.45, 2.75) is 18.9 Å². The van der Waals surface area contributed by atoms with E-state index in [9.17, 15) is 9.90 Å². The summed E-state index contributed by atoms with van der Waals surface area (Å²) in [6, 6.07) is 12.1. The zero-order valence-corrected chi connectivity index (χ0v) is 13.9. The molecule has 0 unspecified atom stereocenters. The number of ether oxygens (including phenoxy) is 1. The third kappa shape index (κ3) is 3.09. The van der Waals surface area contributed by atoms with Gasteiger partial charge in [0.2, 0.25) is 5.88 Å². The molecule has 0 saturated carbocycles. The van der Waals surface area contributed by atoms with Crippen LogP contribution in [0.2, 0.25) is 0 Å². The first kappa shape index (κ1) is 16.1. The molecule has 0 fully saturated rings. The van der Waals surface area contributed by atoms with Crippen molar-refractivity contribution in [1.29, 1.82) is 0 Å². The molecule has 1 aromatic carbocycles. The van der Waals surface area contributed by atoms with Crippen LogP contribution in [0.15, 0.2) is 61.1 Å². The van der Waals surface area contributed by atoms with Crippen molar-refractivity contribution in [3.63, 3.8) is 0 Å². The van der Waals surface area contributed by atoms with Gasteiger partial charge in [0.05, 0.1) is 12.2 Å². The molecule has 2 heterocycles. The van der Waals surface area contributed by atoms with Gasteiger partial charge < -0.3 is 15.2 Å². The lowest BCUT2D eigenvalue weighted by atomic mass is 10.1. The number of nitrogens with zero attached hydrogens (tertiary/aromatic N) is 2. The quantitative estimate of drug-likeness (QED) is 0.756. The molecule has 0 bridgehead atoms. The third-order valence-electron chi connectivity index (χ3n) is 4.42. The van der Waals surface area contributed by atoms with Crippen molar-refractivity contribution in [3.8, 4) is 17.4 Å². The second kappa shape index (κ2) is 6.84. The number of phenolic OH excluding ortho intramolecular Hbond substituents is 1. The topological polar surface area (TPSA) is 84.3 Å². The number of aromatic hydroxyl groups is 1. The Balaban J connectivity index is 1.56. The standard InChI is InChI=1S/C20H17N3O3/c24-18-7-1-5-14-15(18)8-9-17(14)23-19(25)16-6-3-11-22-20(16)26-13-4-2-10-21-12-13/h1-7,10-12,17,24H,8-9H2,(H,23,25)/t17-/m0/s1. The predicted octanol–water partition coefficient (Wildman–Crippen LogP) is 3.39. The summed E-state index contributed by atoms with van der Waals surface area (Å²) in [6.45, 7) is 0. The van der Waals surface area contributed by atoms with E-state index >= 15 is 0 Å². The fourth-order valence-electron chi connectivity index (χ4n) is 3.19. The monoisotopic (exact) mass is 347 g/mol. The molecule has 2 aromatic heterocycles. The molecule has 1 aliphatic rings. The van der Waals surface area contributed by atoms with Gasteiger partial charge in [0.25, 0.3) is 5.91 Å². The van der Waals surface area contributed by atoms with Gasteiger partial charge in [-0.1, -0.05) is 12.1 Å². The minimum absolute atomic E-state index is 0.143. The molecule has 0 saturated heterocycles. The molecule has 0 spiro atoms. The number of carbonyl (C=O) groups excluding carboxylic acids is 1. The van der Waals surface area contributed by atoms with E-state index in [-0.39, 0.29) is 23.6 Å². The molecule has 6 nitrogen and oxygen atoms in total. The molecule has 0 aliphatic heterocycles. The first-order chi connectivity index (χ1) is 12.7. The molecular weight excluding hydrogens is 330 g/mol. The number of amides is 1. The van der Waals surface area contributed by atoms with Gasteiger partial charge in [-0.05, 0) is 54.3 Å². The van der Waals surface area contributed by atoms with Gasteiger partial charge in [0, 0.05) is 12.4 Å². The number of carbonyl (C=O) groups is 1. The first-order valence-electron chi connectivity index (χ1n) is 8.37. The van der Waals surface area contributed by atoms with Crippen LogP contribution >= 0.6 is 0 Å². The molecule has 1 aliphatic carbocycles. The van der Waals surface area contributed by atoms with E-state index in [4.69, 9.17) is 4.74 Å². The lowest BCUT2D eigenvalue weighted by Crippen LogP contribution is -2.27. The average Bonchev–Trinajstić information content (AvgIpc) is 3.07. The highest BCUT2D eigenvalue weighted by Crippen LogP contribution is 2.36. The maximum Gasteiger partial charge on any atom is 0.257 e. The molecule has 0 radical (unpaired) electrons. The van der Waals surface area contributed by atoms with Gasteiger partial charge in [-0.15, -0.1) is 0 Å². The van der Waals surface area contributed by atoms with Crippen LogP contribution < -0.4 is 10.1 Å². The summed E-state index contributed by atoms with van der Waals surface area (Å²) in [5.41, 5.74) is 2.21. The lowest BCUT2D eigenvalue weighted by Gasteiger charge is -2.15. The van der Waals surface area contributed by atoms with Crippen LogP contribution in [0.5, 0.6) is 17.4 Å². The van der Waals surface area contributed by atoms with E-state index in [1.54, 1.807) is 55.0 Å². The van der Waals surface area contributed by atoms with Crippen LogP contribution in [-0.4, -0.2) is 21.0 Å². The Morgan fingerprint density at radius 2 is 2.04 bits per heavy atom. The van der Waals surface area contributed by atoms with Crippen LogP contribution in [0.4, 0.5) is 0 Å². The third-order valence-corrected chi connectivity index (χ3v) is 4.42. The van der Waals surface area contributed by atoms with E-state index < -0.39 is 0 Å². The van der Waals surface area contributed by atoms with E-state index in [2.05, 4.69) is 15.3 Å². The summed E-state index contributed by atoms with van der Waals surface area (Å²) < 4.78 is 5.71. The summed E-state index contributed by atoms with van der Waals surface area (Å²) >= 11 is 0. The lowest BCUT2D eigenvalue weighted by molar-refractivity contribution is 0.0933. The minimum atomic E-state index is -0.266. The predicted molar refractivity (Wildman–Crippen MR) is 95.2 cm³/mol. The summed E-state index contributed by atoms with van der Waals surface area (Å²) in [4.78, 5) is 21.0. The maximum atomic E-state index is 12.8. The Labute approximate surface area is 150 Å². The number of phenols is 1.